The molecule has 7 nitrogen and oxygen atoms in total. The zero-order valence-corrected chi connectivity index (χ0v) is 14.1. The fraction of sp³-hybridized carbons (Fsp3) is 0.167. The van der Waals surface area contributed by atoms with Gasteiger partial charge in [0.15, 0.2) is 0 Å². The van der Waals surface area contributed by atoms with Gasteiger partial charge in [0.05, 0.1) is 0 Å². The zero-order chi connectivity index (χ0) is 19.8. The monoisotopic (exact) mass is 378 g/mol. The number of hydrogen-bond donors (Lipinski definition) is 2. The Bertz CT molecular complexity index is 814. The summed E-state index contributed by atoms with van der Waals surface area (Å²) in [6, 6.07) is 12.4. The second kappa shape index (κ2) is 9.27. The van der Waals surface area contributed by atoms with Crippen LogP contribution in [-0.2, 0) is 9.53 Å². The van der Waals surface area contributed by atoms with Crippen LogP contribution >= 0.6 is 0 Å². The molecule has 9 heteroatoms. The number of hydrogen-bond acceptors (Lipinski definition) is 5. The van der Waals surface area contributed by atoms with Crippen molar-refractivity contribution in [2.24, 2.45) is 0 Å². The Morgan fingerprint density at radius 2 is 1.59 bits per heavy atom. The number of urea groups is 1. The van der Waals surface area contributed by atoms with Crippen LogP contribution in [0.4, 0.5) is 13.6 Å². The molecule has 0 aliphatic heterocycles. The number of alkyl halides is 2. The Labute approximate surface area is 153 Å². The van der Waals surface area contributed by atoms with E-state index in [1.54, 1.807) is 18.2 Å². The molecule has 0 aliphatic carbocycles. The Hall–Kier alpha value is -3.49. The Kier molecular flexibility index (Phi) is 6.81. The number of carbonyl (C=O) groups is 3. The van der Waals surface area contributed by atoms with Crippen LogP contribution < -0.4 is 15.4 Å². The Morgan fingerprint density at radius 3 is 2.22 bits per heavy atom. The van der Waals surface area contributed by atoms with Gasteiger partial charge in [-0.25, -0.2) is 9.59 Å². The van der Waals surface area contributed by atoms with Gasteiger partial charge in [-0.3, -0.25) is 10.1 Å². The molecule has 0 bridgehead atoms. The predicted octanol–water partition coefficient (Wildman–Crippen LogP) is 2.64. The fourth-order valence-corrected chi connectivity index (χ4v) is 2.15. The molecular weight excluding hydrogens is 362 g/mol. The molecular formula is C18H16F2N2O5. The van der Waals surface area contributed by atoms with Crippen LogP contribution in [0.15, 0.2) is 54.6 Å². The molecule has 0 aliphatic rings. The quantitative estimate of drug-likeness (QED) is 0.754. The lowest BCUT2D eigenvalue weighted by molar-refractivity contribution is -0.129. The number of imide groups is 1. The van der Waals surface area contributed by atoms with Gasteiger partial charge in [-0.2, -0.15) is 8.78 Å². The van der Waals surface area contributed by atoms with Crippen molar-refractivity contribution in [3.8, 4) is 5.75 Å². The van der Waals surface area contributed by atoms with Gasteiger partial charge < -0.3 is 14.8 Å². The van der Waals surface area contributed by atoms with Crippen LogP contribution in [-0.4, -0.2) is 31.6 Å². The second-order valence-corrected chi connectivity index (χ2v) is 5.14. The number of amides is 3. The molecule has 2 aromatic rings. The molecule has 2 aromatic carbocycles. The number of nitrogens with one attached hydrogen (secondary N) is 2. The number of carbonyl (C=O) groups excluding carboxylic acids is 3. The van der Waals surface area contributed by atoms with Gasteiger partial charge in [-0.15, -0.1) is 0 Å². The maximum absolute atomic E-state index is 12.5. The van der Waals surface area contributed by atoms with E-state index in [-0.39, 0.29) is 5.56 Å². The number of para-hydroxylation sites is 1. The third-order valence-corrected chi connectivity index (χ3v) is 3.35. The van der Waals surface area contributed by atoms with Gasteiger partial charge in [0.2, 0.25) is 6.10 Å². The summed E-state index contributed by atoms with van der Waals surface area (Å²) in [5.41, 5.74) is 0.00554. The summed E-state index contributed by atoms with van der Waals surface area (Å²) >= 11 is 0. The number of esters is 1. The van der Waals surface area contributed by atoms with E-state index < -0.39 is 36.4 Å². The molecule has 3 amide bonds. The third kappa shape index (κ3) is 5.50. The van der Waals surface area contributed by atoms with Crippen LogP contribution in [0.5, 0.6) is 5.75 Å². The van der Waals surface area contributed by atoms with E-state index in [0.717, 1.165) is 0 Å². The summed E-state index contributed by atoms with van der Waals surface area (Å²) in [5, 5.41) is 4.22. The maximum atomic E-state index is 12.5. The molecule has 0 saturated heterocycles. The molecule has 0 saturated carbocycles. The number of benzene rings is 2. The molecule has 27 heavy (non-hydrogen) atoms. The fourth-order valence-electron chi connectivity index (χ4n) is 2.15. The SMILES string of the molecule is CNC(=O)NC(=O)[C@H](OC(=O)c1ccccc1OC(F)F)c1ccccc1. The average molecular weight is 378 g/mol. The van der Waals surface area contributed by atoms with Crippen LogP contribution in [0.2, 0.25) is 0 Å². The molecule has 0 spiro atoms. The van der Waals surface area contributed by atoms with Crippen molar-refractivity contribution < 1.29 is 32.6 Å². The number of rotatable bonds is 6. The summed E-state index contributed by atoms with van der Waals surface area (Å²) in [6.45, 7) is -3.14. The summed E-state index contributed by atoms with van der Waals surface area (Å²) < 4.78 is 34.5. The van der Waals surface area contributed by atoms with Crippen molar-refractivity contribution >= 4 is 17.9 Å². The van der Waals surface area contributed by atoms with Gasteiger partial charge in [-0.1, -0.05) is 42.5 Å². The molecule has 2 N–H and O–H groups in total. The smallest absolute Gasteiger partial charge is 0.387 e. The van der Waals surface area contributed by atoms with Crippen molar-refractivity contribution in [2.45, 2.75) is 12.7 Å². The lowest BCUT2D eigenvalue weighted by Crippen LogP contribution is -2.41. The molecule has 0 radical (unpaired) electrons. The van der Waals surface area contributed by atoms with E-state index in [9.17, 15) is 23.2 Å². The van der Waals surface area contributed by atoms with Crippen molar-refractivity contribution in [3.05, 3.63) is 65.7 Å². The van der Waals surface area contributed by atoms with Gasteiger partial charge in [0, 0.05) is 12.6 Å². The minimum Gasteiger partial charge on any atom is -0.444 e. The lowest BCUT2D eigenvalue weighted by atomic mass is 10.1. The summed E-state index contributed by atoms with van der Waals surface area (Å²) in [4.78, 5) is 36.2. The van der Waals surface area contributed by atoms with Crippen LogP contribution in [0.3, 0.4) is 0 Å². The van der Waals surface area contributed by atoms with Gasteiger partial charge in [0.25, 0.3) is 5.91 Å². The minimum atomic E-state index is -3.14. The molecule has 0 aromatic heterocycles. The van der Waals surface area contributed by atoms with E-state index in [2.05, 4.69) is 10.1 Å². The second-order valence-electron chi connectivity index (χ2n) is 5.14. The molecule has 1 atom stereocenters. The van der Waals surface area contributed by atoms with Crippen LogP contribution in [0, 0.1) is 0 Å². The first-order valence-corrected chi connectivity index (χ1v) is 7.74. The zero-order valence-electron chi connectivity index (χ0n) is 14.1. The normalized spacial score (nSPS) is 11.4. The number of halogens is 2. The minimum absolute atomic E-state index is 0.286. The molecule has 2 rings (SSSR count). The average Bonchev–Trinajstić information content (AvgIpc) is 2.66. The first-order chi connectivity index (χ1) is 12.9. The van der Waals surface area contributed by atoms with Crippen molar-refractivity contribution in [2.75, 3.05) is 7.05 Å². The summed E-state index contributed by atoms with van der Waals surface area (Å²) in [7, 11) is 1.31. The maximum Gasteiger partial charge on any atom is 0.387 e. The van der Waals surface area contributed by atoms with Crippen molar-refractivity contribution in [3.63, 3.8) is 0 Å². The van der Waals surface area contributed by atoms with Gasteiger partial charge in [-0.05, 0) is 12.1 Å². The topological polar surface area (TPSA) is 93.7 Å². The van der Waals surface area contributed by atoms with E-state index in [0.29, 0.717) is 5.56 Å². The third-order valence-electron chi connectivity index (χ3n) is 3.35. The Balaban J connectivity index is 2.29. The number of ether oxygens (including phenoxy) is 2. The molecule has 142 valence electrons. The van der Waals surface area contributed by atoms with Gasteiger partial charge in [0.1, 0.15) is 11.3 Å². The van der Waals surface area contributed by atoms with Gasteiger partial charge >= 0.3 is 18.6 Å². The highest BCUT2D eigenvalue weighted by Gasteiger charge is 2.28. The molecule has 0 fully saturated rings. The highest BCUT2D eigenvalue weighted by molar-refractivity contribution is 5.99. The van der Waals surface area contributed by atoms with Crippen LogP contribution in [0.1, 0.15) is 22.0 Å². The first-order valence-electron chi connectivity index (χ1n) is 7.74. The first kappa shape index (κ1) is 19.8. The predicted molar refractivity (Wildman–Crippen MR) is 90.3 cm³/mol. The highest BCUT2D eigenvalue weighted by Crippen LogP contribution is 2.25. The molecule has 0 heterocycles. The highest BCUT2D eigenvalue weighted by atomic mass is 19.3. The summed E-state index contributed by atoms with van der Waals surface area (Å²) in [5.74, 6) is -2.36. The van der Waals surface area contributed by atoms with E-state index in [1.165, 1.54) is 43.4 Å². The van der Waals surface area contributed by atoms with E-state index in [4.69, 9.17) is 4.74 Å². The largest absolute Gasteiger partial charge is 0.444 e. The van der Waals surface area contributed by atoms with E-state index >= 15 is 0 Å². The standard InChI is InChI=1S/C18H16F2N2O5/c1-21-18(25)22-15(23)14(11-7-3-2-4-8-11)27-16(24)12-9-5-6-10-13(12)26-17(19)20/h2-10,14,17H,1H3,(H2,21,22,23,25)/t14-/m1/s1. The molecule has 0 unspecified atom stereocenters. The van der Waals surface area contributed by atoms with Crippen molar-refractivity contribution in [1.82, 2.24) is 10.6 Å². The van der Waals surface area contributed by atoms with Crippen LogP contribution in [0.25, 0.3) is 0 Å². The van der Waals surface area contributed by atoms with E-state index in [1.807, 2.05) is 5.32 Å². The Morgan fingerprint density at radius 1 is 0.963 bits per heavy atom. The lowest BCUT2D eigenvalue weighted by Gasteiger charge is -2.18. The van der Waals surface area contributed by atoms with Crippen molar-refractivity contribution in [1.29, 1.82) is 0 Å². The summed E-state index contributed by atoms with van der Waals surface area (Å²) in [6.07, 6.45) is -1.48.